The van der Waals surface area contributed by atoms with Crippen molar-refractivity contribution in [2.24, 2.45) is 0 Å². The zero-order valence-electron chi connectivity index (χ0n) is 10.0. The summed E-state index contributed by atoms with van der Waals surface area (Å²) in [4.78, 5) is 5.11. The zero-order valence-corrected chi connectivity index (χ0v) is 10.8. The molecule has 1 atom stereocenters. The SMILES string of the molecule is Cc1ccc(CNCC2CN(C)CCO2)s1. The summed E-state index contributed by atoms with van der Waals surface area (Å²) in [7, 11) is 2.15. The van der Waals surface area contributed by atoms with Crippen LogP contribution in [-0.4, -0.2) is 44.3 Å². The van der Waals surface area contributed by atoms with Gasteiger partial charge in [0.25, 0.3) is 0 Å². The largest absolute Gasteiger partial charge is 0.374 e. The number of morpholine rings is 1. The molecule has 0 amide bonds. The maximum absolute atomic E-state index is 5.69. The molecule has 1 unspecified atom stereocenters. The van der Waals surface area contributed by atoms with Gasteiger partial charge in [0, 0.05) is 35.9 Å². The van der Waals surface area contributed by atoms with Crippen LogP contribution < -0.4 is 5.32 Å². The van der Waals surface area contributed by atoms with E-state index in [1.165, 1.54) is 9.75 Å². The van der Waals surface area contributed by atoms with E-state index in [1.54, 1.807) is 0 Å². The lowest BCUT2D eigenvalue weighted by Gasteiger charge is -2.30. The Morgan fingerprint density at radius 1 is 1.56 bits per heavy atom. The van der Waals surface area contributed by atoms with Crippen molar-refractivity contribution in [1.29, 1.82) is 0 Å². The molecule has 0 radical (unpaired) electrons. The fourth-order valence-electron chi connectivity index (χ4n) is 1.93. The number of rotatable bonds is 4. The van der Waals surface area contributed by atoms with Crippen molar-refractivity contribution >= 4 is 11.3 Å². The predicted octanol–water partition coefficient (Wildman–Crippen LogP) is 1.48. The first-order valence-corrected chi connectivity index (χ1v) is 6.62. The first-order chi connectivity index (χ1) is 7.74. The van der Waals surface area contributed by atoms with E-state index in [-0.39, 0.29) is 0 Å². The summed E-state index contributed by atoms with van der Waals surface area (Å²) < 4.78 is 5.69. The van der Waals surface area contributed by atoms with Crippen LogP contribution in [-0.2, 0) is 11.3 Å². The Kier molecular flexibility index (Phi) is 4.35. The highest BCUT2D eigenvalue weighted by Gasteiger charge is 2.16. The van der Waals surface area contributed by atoms with Crippen LogP contribution in [0.5, 0.6) is 0 Å². The van der Waals surface area contributed by atoms with Gasteiger partial charge in [-0.2, -0.15) is 0 Å². The van der Waals surface area contributed by atoms with Crippen LogP contribution in [0.25, 0.3) is 0 Å². The summed E-state index contributed by atoms with van der Waals surface area (Å²) in [6.45, 7) is 7.01. The van der Waals surface area contributed by atoms with Crippen molar-refractivity contribution in [1.82, 2.24) is 10.2 Å². The van der Waals surface area contributed by atoms with Crippen molar-refractivity contribution in [2.45, 2.75) is 19.6 Å². The number of nitrogens with one attached hydrogen (secondary N) is 1. The van der Waals surface area contributed by atoms with Gasteiger partial charge in [-0.15, -0.1) is 11.3 Å². The van der Waals surface area contributed by atoms with Crippen molar-refractivity contribution in [3.8, 4) is 0 Å². The van der Waals surface area contributed by atoms with Gasteiger partial charge in [-0.3, -0.25) is 0 Å². The third kappa shape index (κ3) is 3.56. The van der Waals surface area contributed by atoms with E-state index >= 15 is 0 Å². The summed E-state index contributed by atoms with van der Waals surface area (Å²) in [5.41, 5.74) is 0. The van der Waals surface area contributed by atoms with Gasteiger partial charge < -0.3 is 15.0 Å². The minimum atomic E-state index is 0.347. The van der Waals surface area contributed by atoms with Crippen LogP contribution in [0.3, 0.4) is 0 Å². The molecule has 4 heteroatoms. The van der Waals surface area contributed by atoms with E-state index in [0.717, 1.165) is 32.8 Å². The van der Waals surface area contributed by atoms with E-state index in [2.05, 4.69) is 36.3 Å². The number of nitrogens with zero attached hydrogens (tertiary/aromatic N) is 1. The average Bonchev–Trinajstić information content (AvgIpc) is 2.64. The molecule has 1 aromatic heterocycles. The summed E-state index contributed by atoms with van der Waals surface area (Å²) in [6, 6.07) is 4.37. The Morgan fingerprint density at radius 3 is 3.12 bits per heavy atom. The van der Waals surface area contributed by atoms with Gasteiger partial charge in [0.2, 0.25) is 0 Å². The second kappa shape index (κ2) is 5.77. The Labute approximate surface area is 101 Å². The van der Waals surface area contributed by atoms with Gasteiger partial charge in [0.1, 0.15) is 0 Å². The Hall–Kier alpha value is -0.420. The molecule has 1 saturated heterocycles. The van der Waals surface area contributed by atoms with Crippen LogP contribution in [0.2, 0.25) is 0 Å². The molecule has 1 aliphatic rings. The first-order valence-electron chi connectivity index (χ1n) is 5.80. The average molecular weight is 240 g/mol. The summed E-state index contributed by atoms with van der Waals surface area (Å²) >= 11 is 1.86. The number of likely N-dealkylation sites (N-methyl/N-ethyl adjacent to an activating group) is 1. The molecule has 1 N–H and O–H groups in total. The predicted molar refractivity (Wildman–Crippen MR) is 68.0 cm³/mol. The highest BCUT2D eigenvalue weighted by Crippen LogP contribution is 2.14. The molecule has 2 heterocycles. The maximum atomic E-state index is 5.69. The molecule has 90 valence electrons. The molecule has 2 rings (SSSR count). The second-order valence-corrected chi connectivity index (χ2v) is 5.77. The highest BCUT2D eigenvalue weighted by molar-refractivity contribution is 7.11. The fourth-order valence-corrected chi connectivity index (χ4v) is 2.79. The van der Waals surface area contributed by atoms with E-state index in [0.29, 0.717) is 6.10 Å². The van der Waals surface area contributed by atoms with Crippen molar-refractivity contribution in [3.63, 3.8) is 0 Å². The zero-order chi connectivity index (χ0) is 11.4. The monoisotopic (exact) mass is 240 g/mol. The quantitative estimate of drug-likeness (QED) is 0.862. The summed E-state index contributed by atoms with van der Waals surface area (Å²) in [6.07, 6.45) is 0.347. The lowest BCUT2D eigenvalue weighted by molar-refractivity contribution is -0.0181. The maximum Gasteiger partial charge on any atom is 0.0826 e. The van der Waals surface area contributed by atoms with Crippen LogP contribution in [0.15, 0.2) is 12.1 Å². The molecule has 1 aliphatic heterocycles. The molecule has 1 fully saturated rings. The van der Waals surface area contributed by atoms with Crippen LogP contribution in [0, 0.1) is 6.92 Å². The van der Waals surface area contributed by atoms with Gasteiger partial charge in [-0.25, -0.2) is 0 Å². The summed E-state index contributed by atoms with van der Waals surface area (Å²) in [5, 5.41) is 3.46. The number of aryl methyl sites for hydroxylation is 1. The van der Waals surface area contributed by atoms with Crippen LogP contribution >= 0.6 is 11.3 Å². The molecule has 0 aliphatic carbocycles. The van der Waals surface area contributed by atoms with Gasteiger partial charge in [0.15, 0.2) is 0 Å². The second-order valence-electron chi connectivity index (χ2n) is 4.40. The molecule has 3 nitrogen and oxygen atoms in total. The van der Waals surface area contributed by atoms with Gasteiger partial charge in [-0.1, -0.05) is 0 Å². The number of hydrogen-bond donors (Lipinski definition) is 1. The van der Waals surface area contributed by atoms with Crippen molar-refractivity contribution < 1.29 is 4.74 Å². The lowest BCUT2D eigenvalue weighted by Crippen LogP contribution is -2.44. The van der Waals surface area contributed by atoms with E-state index in [4.69, 9.17) is 4.74 Å². The van der Waals surface area contributed by atoms with Crippen molar-refractivity contribution in [3.05, 3.63) is 21.9 Å². The van der Waals surface area contributed by atoms with Gasteiger partial charge >= 0.3 is 0 Å². The number of hydrogen-bond acceptors (Lipinski definition) is 4. The van der Waals surface area contributed by atoms with Gasteiger partial charge in [0.05, 0.1) is 12.7 Å². The highest BCUT2D eigenvalue weighted by atomic mass is 32.1. The Balaban J connectivity index is 1.67. The van der Waals surface area contributed by atoms with E-state index in [1.807, 2.05) is 11.3 Å². The molecular weight excluding hydrogens is 220 g/mol. The molecule has 0 bridgehead atoms. The van der Waals surface area contributed by atoms with Gasteiger partial charge in [-0.05, 0) is 26.1 Å². The Morgan fingerprint density at radius 2 is 2.44 bits per heavy atom. The summed E-state index contributed by atoms with van der Waals surface area (Å²) in [5.74, 6) is 0. The van der Waals surface area contributed by atoms with E-state index in [9.17, 15) is 0 Å². The number of thiophene rings is 1. The van der Waals surface area contributed by atoms with Crippen LogP contribution in [0.4, 0.5) is 0 Å². The smallest absolute Gasteiger partial charge is 0.0826 e. The molecule has 1 aromatic rings. The molecule has 0 spiro atoms. The Bertz CT molecular complexity index is 327. The van der Waals surface area contributed by atoms with E-state index < -0.39 is 0 Å². The standard InChI is InChI=1S/C12H20N2OS/c1-10-3-4-12(16-10)8-13-7-11-9-14(2)5-6-15-11/h3-4,11,13H,5-9H2,1-2H3. The minimum absolute atomic E-state index is 0.347. The normalized spacial score (nSPS) is 22.5. The molecule has 0 saturated carbocycles. The third-order valence-electron chi connectivity index (χ3n) is 2.81. The lowest BCUT2D eigenvalue weighted by atomic mass is 10.3. The third-order valence-corrected chi connectivity index (χ3v) is 3.81. The molecule has 0 aromatic carbocycles. The van der Waals surface area contributed by atoms with Crippen LogP contribution in [0.1, 0.15) is 9.75 Å². The first kappa shape index (κ1) is 12.0. The molecular formula is C12H20N2OS. The fraction of sp³-hybridized carbons (Fsp3) is 0.667. The topological polar surface area (TPSA) is 24.5 Å². The molecule has 16 heavy (non-hydrogen) atoms. The minimum Gasteiger partial charge on any atom is -0.374 e. The van der Waals surface area contributed by atoms with Crippen molar-refractivity contribution in [2.75, 3.05) is 33.3 Å². The number of ether oxygens (including phenoxy) is 1.